The van der Waals surface area contributed by atoms with Crippen molar-refractivity contribution >= 4 is 54.4 Å². The van der Waals surface area contributed by atoms with E-state index >= 15 is 0 Å². The summed E-state index contributed by atoms with van der Waals surface area (Å²) in [7, 11) is 0. The molecule has 0 radical (unpaired) electrons. The van der Waals surface area contributed by atoms with E-state index in [1.807, 2.05) is 18.5 Å². The largest absolute Gasteiger partial charge is 0.262 e. The molecule has 0 N–H and O–H groups in total. The van der Waals surface area contributed by atoms with Gasteiger partial charge >= 0.3 is 0 Å². The Morgan fingerprint density at radius 1 is 0.491 bits per heavy atom. The van der Waals surface area contributed by atoms with Gasteiger partial charge in [0.05, 0.1) is 28.9 Å². The van der Waals surface area contributed by atoms with E-state index in [-0.39, 0.29) is 12.1 Å². The fourth-order valence-electron chi connectivity index (χ4n) is 7.91. The number of benzene rings is 4. The molecule has 2 aliphatic heterocycles. The molecule has 3 aliphatic carbocycles. The number of pyridine rings is 2. The Labute approximate surface area is 325 Å². The first-order valence-corrected chi connectivity index (χ1v) is 19.3. The van der Waals surface area contributed by atoms with Gasteiger partial charge in [0.1, 0.15) is 0 Å². The van der Waals surface area contributed by atoms with Gasteiger partial charge in [-0.25, -0.2) is 0 Å². The Bertz CT molecular complexity index is 2630. The summed E-state index contributed by atoms with van der Waals surface area (Å²) >= 11 is 6.54. The summed E-state index contributed by atoms with van der Waals surface area (Å²) in [5.41, 5.74) is 10.7. The smallest absolute Gasteiger partial charge is 0.231 e. The zero-order valence-electron chi connectivity index (χ0n) is 28.7. The summed E-state index contributed by atoms with van der Waals surface area (Å²) in [6.45, 7) is 0. The average molecular weight is 815 g/mol. The maximum Gasteiger partial charge on any atom is 0.231 e. The first-order chi connectivity index (χ1) is 26.1. The van der Waals surface area contributed by atoms with E-state index in [9.17, 15) is 0 Å². The van der Waals surface area contributed by atoms with Crippen molar-refractivity contribution in [1.29, 1.82) is 0 Å². The zero-order valence-corrected chi connectivity index (χ0v) is 31.9. The van der Waals surface area contributed by atoms with Gasteiger partial charge in [0.2, 0.25) is 34.2 Å². The van der Waals surface area contributed by atoms with Crippen LogP contribution in [-0.4, -0.2) is 22.1 Å². The number of hydrogen-bond acceptors (Lipinski definition) is 2. The number of halogens is 2. The Morgan fingerprint density at radius 3 is 1.43 bits per heavy atom. The van der Waals surface area contributed by atoms with Gasteiger partial charge in [0.15, 0.2) is 0 Å². The second-order valence-electron chi connectivity index (χ2n) is 13.3. The predicted octanol–water partition coefficient (Wildman–Crippen LogP) is 7.91. The maximum absolute atomic E-state index is 4.71. The van der Waals surface area contributed by atoms with Crippen LogP contribution in [0.15, 0.2) is 192 Å². The van der Waals surface area contributed by atoms with Crippen LogP contribution in [0.4, 0.5) is 11.4 Å². The van der Waals surface area contributed by atoms with E-state index in [2.05, 4.69) is 198 Å². The van der Waals surface area contributed by atoms with Crippen molar-refractivity contribution in [2.75, 3.05) is 0 Å². The van der Waals surface area contributed by atoms with E-state index in [0.29, 0.717) is 0 Å². The van der Waals surface area contributed by atoms with Gasteiger partial charge in [-0.3, -0.25) is 9.97 Å². The van der Waals surface area contributed by atoms with Crippen molar-refractivity contribution in [2.45, 2.75) is 18.5 Å². The first kappa shape index (κ1) is 33.3. The second kappa shape index (κ2) is 14.5. The summed E-state index contributed by atoms with van der Waals surface area (Å²) < 4.78 is 6.80. The molecule has 0 fully saturated rings. The van der Waals surface area contributed by atoms with Crippen LogP contribution in [0.3, 0.4) is 0 Å². The quantitative estimate of drug-likeness (QED) is 0.166. The van der Waals surface area contributed by atoms with Crippen molar-refractivity contribution in [3.05, 3.63) is 224 Å². The molecule has 0 spiro atoms. The number of fused-ring (bicyclic) bond motifs is 7. The molecule has 4 aromatic carbocycles. The molecule has 254 valence electrons. The van der Waals surface area contributed by atoms with E-state index in [1.54, 1.807) is 12.4 Å². The summed E-state index contributed by atoms with van der Waals surface area (Å²) in [6.07, 6.45) is 26.1. The summed E-state index contributed by atoms with van der Waals surface area (Å²) in [6, 6.07) is 39.2. The number of aromatic nitrogens is 2. The molecule has 0 saturated carbocycles. The fraction of sp³-hybridized carbons (Fsp3) is 0.0638. The van der Waals surface area contributed by atoms with E-state index in [1.165, 1.54) is 54.6 Å². The highest BCUT2D eigenvalue weighted by Gasteiger charge is 2.36. The normalized spacial score (nSPS) is 17.5. The summed E-state index contributed by atoms with van der Waals surface area (Å²) in [4.78, 5) is 8.60. The van der Waals surface area contributed by atoms with E-state index < -0.39 is 0 Å². The van der Waals surface area contributed by atoms with Crippen molar-refractivity contribution in [2.24, 2.45) is 0 Å². The lowest BCUT2D eigenvalue weighted by Gasteiger charge is -2.13. The number of hydrogen-bond donors (Lipinski definition) is 0. The molecule has 0 bridgehead atoms. The lowest BCUT2D eigenvalue weighted by molar-refractivity contribution is 0.721. The van der Waals surface area contributed by atoms with Crippen LogP contribution in [0.5, 0.6) is 0 Å². The Hall–Kier alpha value is -5.56. The maximum atomic E-state index is 4.71. The van der Waals surface area contributed by atoms with Crippen LogP contribution >= 0.6 is 31.9 Å². The molecular weight excluding hydrogens is 780 g/mol. The lowest BCUT2D eigenvalue weighted by Crippen LogP contribution is -2.35. The molecule has 2 atom stereocenters. The number of allylic oxidation sites excluding steroid dienone is 4. The third kappa shape index (κ3) is 6.32. The van der Waals surface area contributed by atoms with Gasteiger partial charge in [-0.2, -0.15) is 9.15 Å². The molecular formula is C47H34Br2N4+2. The van der Waals surface area contributed by atoms with Crippen LogP contribution in [0.2, 0.25) is 0 Å². The average Bonchev–Trinajstić information content (AvgIpc) is 3.86. The van der Waals surface area contributed by atoms with Gasteiger partial charge < -0.3 is 0 Å². The second-order valence-corrected chi connectivity index (χ2v) is 15.1. The van der Waals surface area contributed by atoms with Crippen molar-refractivity contribution < 1.29 is 0 Å². The molecule has 4 nitrogen and oxygen atoms in total. The fourth-order valence-corrected chi connectivity index (χ4v) is 8.95. The van der Waals surface area contributed by atoms with E-state index in [4.69, 9.17) is 4.98 Å². The van der Waals surface area contributed by atoms with Gasteiger partial charge in [0.25, 0.3) is 0 Å². The molecule has 5 aliphatic rings. The van der Waals surface area contributed by atoms with Crippen LogP contribution in [0.25, 0.3) is 22.3 Å². The Kier molecular flexibility index (Phi) is 9.08. The third-order valence-corrected chi connectivity index (χ3v) is 11.0. The van der Waals surface area contributed by atoms with Crippen LogP contribution in [0.1, 0.15) is 11.1 Å². The van der Waals surface area contributed by atoms with Crippen LogP contribution in [-0.2, 0) is 6.42 Å². The minimum Gasteiger partial charge on any atom is -0.262 e. The molecule has 2 aromatic heterocycles. The van der Waals surface area contributed by atoms with E-state index in [0.717, 1.165) is 26.7 Å². The lowest BCUT2D eigenvalue weighted by atomic mass is 10.0. The highest BCUT2D eigenvalue weighted by Crippen LogP contribution is 2.35. The Balaban J connectivity index is 0.000000144. The SMILES string of the molecule is Brc1cncc(Br)c1.C1=CC2=c3ccccc3=[N+](c3cncc([N+]4=c5ccccc5=C5C=CC=CC54)c3)C2C=C1.c1ccc2c(c1)Cc1ccccc1-2. The zero-order chi connectivity index (χ0) is 35.7. The molecule has 0 amide bonds. The highest BCUT2D eigenvalue weighted by molar-refractivity contribution is 9.11. The molecule has 0 saturated heterocycles. The van der Waals surface area contributed by atoms with Gasteiger partial charge in [-0.1, -0.05) is 109 Å². The Morgan fingerprint density at radius 2 is 0.943 bits per heavy atom. The third-order valence-electron chi connectivity index (χ3n) is 10.1. The van der Waals surface area contributed by atoms with Gasteiger partial charge in [-0.05, 0) is 90.9 Å². The van der Waals surface area contributed by atoms with Gasteiger partial charge in [-0.15, -0.1) is 0 Å². The van der Waals surface area contributed by atoms with Gasteiger partial charge in [0, 0.05) is 44.6 Å². The summed E-state index contributed by atoms with van der Waals surface area (Å²) in [5, 5.41) is 5.06. The molecule has 6 heteroatoms. The molecule has 53 heavy (non-hydrogen) atoms. The molecule has 11 rings (SSSR count). The minimum absolute atomic E-state index is 0.194. The van der Waals surface area contributed by atoms with Crippen LogP contribution in [0, 0.1) is 0 Å². The monoisotopic (exact) mass is 812 g/mol. The summed E-state index contributed by atoms with van der Waals surface area (Å²) in [5.74, 6) is 0. The molecule has 4 heterocycles. The number of para-hydroxylation sites is 2. The topological polar surface area (TPSA) is 31.8 Å². The van der Waals surface area contributed by atoms with Crippen molar-refractivity contribution in [1.82, 2.24) is 19.1 Å². The molecule has 2 unspecified atom stereocenters. The first-order valence-electron chi connectivity index (χ1n) is 17.7. The number of rotatable bonds is 2. The number of nitrogens with zero attached hydrogens (tertiary/aromatic N) is 4. The van der Waals surface area contributed by atoms with Crippen molar-refractivity contribution in [3.63, 3.8) is 0 Å². The van der Waals surface area contributed by atoms with Crippen molar-refractivity contribution in [3.8, 4) is 11.1 Å². The standard InChI is InChI=1S/C29H21N3.C13H10.C5H3Br2N/c1-5-13-26-22(9-1)23-10-2-6-14-27(23)31(26)20-17-21(19-30-18-20)32-28-15-7-3-11-24(28)25-12-4-8-16-29(25)32;1-3-7-12-10(5-1)9-11-6-2-4-8-13(11)12;6-4-1-5(7)3-8-2-4/h1-19,26,28H;1-8H,9H2;1-3H/q+2;;. The minimum atomic E-state index is 0.194. The van der Waals surface area contributed by atoms with Crippen LogP contribution < -0.4 is 30.3 Å². The predicted molar refractivity (Wildman–Crippen MR) is 223 cm³/mol. The molecule has 6 aromatic rings. The highest BCUT2D eigenvalue weighted by atomic mass is 79.9.